The second-order valence-corrected chi connectivity index (χ2v) is 8.07. The van der Waals surface area contributed by atoms with Crippen LogP contribution in [0, 0.1) is 16.0 Å². The monoisotopic (exact) mass is 433 g/mol. The van der Waals surface area contributed by atoms with Crippen LogP contribution in [0.4, 0.5) is 5.69 Å². The van der Waals surface area contributed by atoms with Crippen molar-refractivity contribution in [2.75, 3.05) is 0 Å². The fourth-order valence-corrected chi connectivity index (χ4v) is 3.63. The molecular formula is C26H27NO5. The lowest BCUT2D eigenvalue weighted by molar-refractivity contribution is -0.384. The van der Waals surface area contributed by atoms with Gasteiger partial charge in [-0.2, -0.15) is 0 Å². The minimum atomic E-state index is -0.805. The van der Waals surface area contributed by atoms with E-state index in [9.17, 15) is 25.4 Å². The zero-order valence-corrected chi connectivity index (χ0v) is 18.1. The first kappa shape index (κ1) is 23.2. The summed E-state index contributed by atoms with van der Waals surface area (Å²) in [5.74, 6) is 0.305. The van der Waals surface area contributed by atoms with Crippen molar-refractivity contribution < 1.29 is 20.2 Å². The van der Waals surface area contributed by atoms with Gasteiger partial charge in [-0.25, -0.2) is 0 Å². The Morgan fingerprint density at radius 3 is 2.28 bits per heavy atom. The fourth-order valence-electron chi connectivity index (χ4n) is 3.63. The van der Waals surface area contributed by atoms with E-state index >= 15 is 0 Å². The predicted molar refractivity (Wildman–Crippen MR) is 124 cm³/mol. The fraction of sp³-hybridized carbons (Fsp3) is 0.269. The second kappa shape index (κ2) is 10.2. The highest BCUT2D eigenvalue weighted by atomic mass is 16.6. The minimum absolute atomic E-state index is 0.0174. The van der Waals surface area contributed by atoms with Gasteiger partial charge in [-0.15, -0.1) is 5.73 Å². The van der Waals surface area contributed by atoms with Crippen LogP contribution < -0.4 is 0 Å². The van der Waals surface area contributed by atoms with Crippen LogP contribution in [-0.4, -0.2) is 20.2 Å². The molecule has 2 atom stereocenters. The molecule has 3 N–H and O–H groups in total. The second-order valence-electron chi connectivity index (χ2n) is 8.07. The SMILES string of the molecule is CC(C)C(=C=CC[C@@H](O)c1ccc(O)c2ccccc12)C[C@@H](O)c1ccc([N+](=O)[O-])cc1. The van der Waals surface area contributed by atoms with Crippen molar-refractivity contribution in [3.8, 4) is 5.75 Å². The van der Waals surface area contributed by atoms with Crippen molar-refractivity contribution >= 4 is 16.5 Å². The predicted octanol–water partition coefficient (Wildman–Crippen LogP) is 5.74. The zero-order chi connectivity index (χ0) is 23.3. The number of aromatic hydroxyl groups is 1. The average molecular weight is 434 g/mol. The molecule has 32 heavy (non-hydrogen) atoms. The third-order valence-electron chi connectivity index (χ3n) is 5.52. The van der Waals surface area contributed by atoms with E-state index in [1.165, 1.54) is 12.1 Å². The van der Waals surface area contributed by atoms with Gasteiger partial charge < -0.3 is 15.3 Å². The Bertz CT molecular complexity index is 1160. The van der Waals surface area contributed by atoms with Gasteiger partial charge in [0.1, 0.15) is 5.75 Å². The first-order chi connectivity index (χ1) is 15.3. The maximum absolute atomic E-state index is 10.8. The molecule has 0 heterocycles. The van der Waals surface area contributed by atoms with Gasteiger partial charge in [0.2, 0.25) is 0 Å². The molecule has 166 valence electrons. The minimum Gasteiger partial charge on any atom is -0.507 e. The van der Waals surface area contributed by atoms with Crippen LogP contribution in [0.3, 0.4) is 0 Å². The highest BCUT2D eigenvalue weighted by Gasteiger charge is 2.15. The molecule has 0 fully saturated rings. The van der Waals surface area contributed by atoms with E-state index in [4.69, 9.17) is 0 Å². The van der Waals surface area contributed by atoms with Crippen molar-refractivity contribution in [1.29, 1.82) is 0 Å². The lowest BCUT2D eigenvalue weighted by Crippen LogP contribution is -2.03. The summed E-state index contributed by atoms with van der Waals surface area (Å²) in [6, 6.07) is 16.6. The van der Waals surface area contributed by atoms with Crippen molar-refractivity contribution in [3.05, 3.63) is 99.3 Å². The molecule has 0 aliphatic heterocycles. The Labute approximate surface area is 186 Å². The molecule has 0 bridgehead atoms. The quantitative estimate of drug-likeness (QED) is 0.239. The van der Waals surface area contributed by atoms with Crippen molar-refractivity contribution in [2.45, 2.75) is 38.9 Å². The van der Waals surface area contributed by atoms with E-state index in [1.807, 2.05) is 38.1 Å². The Hall–Kier alpha value is -3.44. The highest BCUT2D eigenvalue weighted by molar-refractivity contribution is 5.91. The molecule has 3 aromatic carbocycles. The number of non-ortho nitro benzene ring substituents is 1. The normalized spacial score (nSPS) is 12.9. The van der Waals surface area contributed by atoms with E-state index < -0.39 is 17.1 Å². The number of aliphatic hydroxyl groups is 2. The van der Waals surface area contributed by atoms with E-state index in [2.05, 4.69) is 5.73 Å². The highest BCUT2D eigenvalue weighted by Crippen LogP contribution is 2.32. The Morgan fingerprint density at radius 2 is 1.66 bits per heavy atom. The summed E-state index contributed by atoms with van der Waals surface area (Å²) in [7, 11) is 0. The van der Waals surface area contributed by atoms with Gasteiger partial charge in [-0.1, -0.05) is 44.2 Å². The molecule has 3 aromatic rings. The first-order valence-corrected chi connectivity index (χ1v) is 10.5. The molecule has 0 saturated carbocycles. The number of hydrogen-bond donors (Lipinski definition) is 3. The molecule has 0 radical (unpaired) electrons. The van der Waals surface area contributed by atoms with Crippen molar-refractivity contribution in [2.24, 2.45) is 5.92 Å². The summed E-state index contributed by atoms with van der Waals surface area (Å²) < 4.78 is 0. The number of hydrogen-bond acceptors (Lipinski definition) is 5. The first-order valence-electron chi connectivity index (χ1n) is 10.5. The average Bonchev–Trinajstić information content (AvgIpc) is 2.78. The molecule has 0 saturated heterocycles. The maximum atomic E-state index is 10.8. The molecule has 6 nitrogen and oxygen atoms in total. The molecular weight excluding hydrogens is 406 g/mol. The molecule has 0 aliphatic rings. The number of nitro groups is 1. The third kappa shape index (κ3) is 5.42. The molecule has 0 spiro atoms. The van der Waals surface area contributed by atoms with Crippen molar-refractivity contribution in [3.63, 3.8) is 0 Å². The van der Waals surface area contributed by atoms with E-state index in [0.717, 1.165) is 16.5 Å². The van der Waals surface area contributed by atoms with Crippen LogP contribution in [0.5, 0.6) is 5.75 Å². The summed E-state index contributed by atoms with van der Waals surface area (Å²) in [6.45, 7) is 4.01. The summed E-state index contributed by atoms with van der Waals surface area (Å²) in [5, 5.41) is 43.7. The summed E-state index contributed by atoms with van der Waals surface area (Å²) >= 11 is 0. The molecule has 0 amide bonds. The zero-order valence-electron chi connectivity index (χ0n) is 18.1. The van der Waals surface area contributed by atoms with Gasteiger partial charge in [-0.05, 0) is 52.3 Å². The molecule has 0 unspecified atom stereocenters. The van der Waals surface area contributed by atoms with Crippen molar-refractivity contribution in [1.82, 2.24) is 0 Å². The number of nitrogens with zero attached hydrogens (tertiary/aromatic N) is 1. The lowest BCUT2D eigenvalue weighted by Gasteiger charge is -2.15. The largest absolute Gasteiger partial charge is 0.507 e. The molecule has 0 aromatic heterocycles. The topological polar surface area (TPSA) is 104 Å². The third-order valence-corrected chi connectivity index (χ3v) is 5.52. The van der Waals surface area contributed by atoms with Gasteiger partial charge >= 0.3 is 0 Å². The molecule has 6 heteroatoms. The van der Waals surface area contributed by atoms with Gasteiger partial charge in [0.05, 0.1) is 17.1 Å². The summed E-state index contributed by atoms with van der Waals surface area (Å²) in [5.41, 5.74) is 5.43. The van der Waals surface area contributed by atoms with Gasteiger partial charge in [0.25, 0.3) is 5.69 Å². The summed E-state index contributed by atoms with van der Waals surface area (Å²) in [4.78, 5) is 10.3. The molecule has 3 rings (SSSR count). The van der Waals surface area contributed by atoms with Crippen LogP contribution in [0.25, 0.3) is 10.8 Å². The van der Waals surface area contributed by atoms with E-state index in [-0.39, 0.29) is 17.4 Å². The number of phenols is 1. The smallest absolute Gasteiger partial charge is 0.269 e. The van der Waals surface area contributed by atoms with Gasteiger partial charge in [-0.3, -0.25) is 10.1 Å². The standard InChI is InChI=1S/C26H27NO5/c1-17(2)19(16-26(30)18-10-12-20(13-11-18)27(31)32)6-5-9-24(28)23-14-15-25(29)22-8-4-3-7-21(22)23/h3-5,7-8,10-15,17,24,26,28-30H,9,16H2,1-2H3/t6?,24-,26-/m1/s1. The number of aliphatic hydroxyl groups excluding tert-OH is 2. The number of fused-ring (bicyclic) bond motifs is 1. The Balaban J connectivity index is 1.76. The van der Waals surface area contributed by atoms with Crippen LogP contribution in [0.2, 0.25) is 0 Å². The summed E-state index contributed by atoms with van der Waals surface area (Å²) in [6.07, 6.45) is 0.869. The van der Waals surface area contributed by atoms with E-state index in [0.29, 0.717) is 23.8 Å². The van der Waals surface area contributed by atoms with E-state index in [1.54, 1.807) is 30.3 Å². The number of phenolic OH excluding ortho intramolecular Hbond substituents is 1. The van der Waals surface area contributed by atoms with Crippen LogP contribution in [0.1, 0.15) is 50.0 Å². The van der Waals surface area contributed by atoms with Crippen LogP contribution in [-0.2, 0) is 0 Å². The Morgan fingerprint density at radius 1 is 1.00 bits per heavy atom. The number of benzene rings is 3. The number of nitro benzene ring substituents is 1. The van der Waals surface area contributed by atoms with Gasteiger partial charge in [0.15, 0.2) is 0 Å². The van der Waals surface area contributed by atoms with Crippen LogP contribution >= 0.6 is 0 Å². The number of rotatable bonds is 8. The Kier molecular flexibility index (Phi) is 7.44. The van der Waals surface area contributed by atoms with Gasteiger partial charge in [0, 0.05) is 30.4 Å². The molecule has 0 aliphatic carbocycles. The van der Waals surface area contributed by atoms with Crippen LogP contribution in [0.15, 0.2) is 78.0 Å². The maximum Gasteiger partial charge on any atom is 0.269 e. The lowest BCUT2D eigenvalue weighted by atomic mass is 9.94.